The first-order valence-electron chi connectivity index (χ1n) is 15.7. The third-order valence-corrected chi connectivity index (χ3v) is 12.4. The van der Waals surface area contributed by atoms with E-state index in [2.05, 4.69) is 67.4 Å². The van der Waals surface area contributed by atoms with Gasteiger partial charge in [-0.25, -0.2) is 0 Å². The van der Waals surface area contributed by atoms with Crippen LogP contribution < -0.4 is 11.2 Å². The number of fused-ring (bicyclic) bond motifs is 4. The van der Waals surface area contributed by atoms with Crippen molar-refractivity contribution < 1.29 is 14.3 Å². The molecule has 2 fully saturated rings. The van der Waals surface area contributed by atoms with Crippen molar-refractivity contribution in [2.75, 3.05) is 0 Å². The molecule has 7 atom stereocenters. The highest BCUT2D eigenvalue weighted by atomic mass is 32.1. The Morgan fingerprint density at radius 2 is 1.80 bits per heavy atom. The number of thiocarbonyl (C=S) groups is 1. The zero-order chi connectivity index (χ0) is 30.7. The van der Waals surface area contributed by atoms with E-state index in [1.54, 1.807) is 0 Å². The van der Waals surface area contributed by atoms with Gasteiger partial charge in [0.25, 0.3) is 0 Å². The smallest absolute Gasteiger partial charge is 0.302 e. The second-order valence-electron chi connectivity index (χ2n) is 15.2. The number of nitrogens with two attached hydrogens (primary N) is 1. The molecule has 0 heterocycles. The van der Waals surface area contributed by atoms with Gasteiger partial charge in [0.2, 0.25) is 0 Å². The molecule has 228 valence electrons. The number of rotatable bonds is 7. The van der Waals surface area contributed by atoms with E-state index in [1.807, 2.05) is 0 Å². The second-order valence-corrected chi connectivity index (χ2v) is 15.7. The number of ether oxygens (including phenoxy) is 1. The van der Waals surface area contributed by atoms with Crippen LogP contribution in [-0.2, 0) is 14.3 Å². The van der Waals surface area contributed by atoms with E-state index in [9.17, 15) is 9.59 Å². The molecule has 0 aromatic rings. The molecule has 4 aliphatic rings. The van der Waals surface area contributed by atoms with E-state index in [-0.39, 0.29) is 50.5 Å². The molecule has 0 aromatic heterocycles. The SMILES string of the molecule is C=C(CC[C@@H](C)[C@@H]1CC[C@]2(C)C3=C(/C(=N\NC(N)=S)C[C@@]12C)[C@@]1(C)CC[C@H](OC(C)=O)C(C)(C)[C@@H]1CC3=O)C(C)C. The van der Waals surface area contributed by atoms with Crippen LogP contribution in [0.1, 0.15) is 114 Å². The van der Waals surface area contributed by atoms with E-state index in [1.165, 1.54) is 12.5 Å². The Morgan fingerprint density at radius 3 is 2.39 bits per heavy atom. The summed E-state index contributed by atoms with van der Waals surface area (Å²) < 4.78 is 5.83. The van der Waals surface area contributed by atoms with E-state index in [4.69, 9.17) is 27.8 Å². The topological polar surface area (TPSA) is 93.8 Å². The number of hydrazone groups is 1. The highest BCUT2D eigenvalue weighted by molar-refractivity contribution is 7.80. The largest absolute Gasteiger partial charge is 0.462 e. The minimum absolute atomic E-state index is 0.0282. The standard InChI is InChI=1S/C34H53N3O3S/c1-19(2)20(3)11-12-21(4)23-13-16-33(9)29-25(39)17-26-31(6,7)27(40-22(5)38)14-15-32(26,8)28(29)24(18-34(23,33)10)36-37-30(35)41/h19,21,23,26-27H,3,11-18H2,1-2,4-10H3,(H3,35,37,41)/b36-24-/t21-,23+,26+,27+,32+,33-,34+/m1/s1. The summed E-state index contributed by atoms with van der Waals surface area (Å²) in [6.07, 6.45) is 6.87. The zero-order valence-corrected chi connectivity index (χ0v) is 27.7. The average Bonchev–Trinajstić information content (AvgIpc) is 3.14. The van der Waals surface area contributed by atoms with Gasteiger partial charge in [-0.2, -0.15) is 5.10 Å². The lowest BCUT2D eigenvalue weighted by Crippen LogP contribution is -2.59. The molecule has 0 aliphatic heterocycles. The Labute approximate surface area is 253 Å². The number of hydrogen-bond acceptors (Lipinski definition) is 5. The Balaban J connectivity index is 1.83. The molecule has 0 radical (unpaired) electrons. The second kappa shape index (κ2) is 10.9. The fourth-order valence-electron chi connectivity index (χ4n) is 9.66. The van der Waals surface area contributed by atoms with Gasteiger partial charge in [0.15, 0.2) is 10.9 Å². The normalized spacial score (nSPS) is 37.8. The highest BCUT2D eigenvalue weighted by Crippen LogP contribution is 2.71. The van der Waals surface area contributed by atoms with Crippen LogP contribution in [0.5, 0.6) is 0 Å². The van der Waals surface area contributed by atoms with Crippen molar-refractivity contribution in [3.8, 4) is 0 Å². The first-order chi connectivity index (χ1) is 18.9. The number of nitrogens with one attached hydrogen (secondary N) is 1. The van der Waals surface area contributed by atoms with Gasteiger partial charge >= 0.3 is 5.97 Å². The predicted octanol–water partition coefficient (Wildman–Crippen LogP) is 7.27. The molecule has 0 unspecified atom stereocenters. The molecule has 41 heavy (non-hydrogen) atoms. The Hall–Kier alpha value is -2.02. The fraction of sp³-hybridized carbons (Fsp3) is 0.765. The summed E-state index contributed by atoms with van der Waals surface area (Å²) in [6.45, 7) is 24.0. The van der Waals surface area contributed by atoms with E-state index in [0.717, 1.165) is 61.8 Å². The van der Waals surface area contributed by atoms with E-state index >= 15 is 0 Å². The van der Waals surface area contributed by atoms with Crippen LogP contribution in [-0.4, -0.2) is 28.7 Å². The molecular formula is C34H53N3O3S. The van der Waals surface area contributed by atoms with Gasteiger partial charge in [-0.15, -0.1) is 0 Å². The molecule has 2 saturated carbocycles. The summed E-state index contributed by atoms with van der Waals surface area (Å²) in [5.41, 5.74) is 12.2. The highest BCUT2D eigenvalue weighted by Gasteiger charge is 2.67. The minimum atomic E-state index is -0.359. The molecule has 0 bridgehead atoms. The maximum absolute atomic E-state index is 14.5. The molecule has 7 heteroatoms. The van der Waals surface area contributed by atoms with Gasteiger partial charge in [0.05, 0.1) is 5.71 Å². The number of esters is 1. The zero-order valence-electron chi connectivity index (χ0n) is 26.9. The molecule has 0 spiro atoms. The summed E-state index contributed by atoms with van der Waals surface area (Å²) in [7, 11) is 0. The van der Waals surface area contributed by atoms with Gasteiger partial charge in [-0.3, -0.25) is 15.0 Å². The quantitative estimate of drug-likeness (QED) is 0.142. The van der Waals surface area contributed by atoms with Gasteiger partial charge in [-0.05, 0) is 97.2 Å². The van der Waals surface area contributed by atoms with Gasteiger partial charge in [-0.1, -0.05) is 67.5 Å². The molecular weight excluding hydrogens is 530 g/mol. The molecule has 0 amide bonds. The van der Waals surface area contributed by atoms with Crippen LogP contribution in [0.2, 0.25) is 0 Å². The number of nitrogens with zero attached hydrogens (tertiary/aromatic N) is 1. The number of hydrogen-bond donors (Lipinski definition) is 2. The number of ketones is 1. The van der Waals surface area contributed by atoms with Crippen LogP contribution in [0.15, 0.2) is 28.4 Å². The van der Waals surface area contributed by atoms with Crippen molar-refractivity contribution >= 4 is 34.8 Å². The first kappa shape index (κ1) is 31.9. The number of Topliss-reactive ketones (excluding diaryl/α,β-unsaturated/α-hetero) is 1. The average molecular weight is 584 g/mol. The Bertz CT molecular complexity index is 1200. The van der Waals surface area contributed by atoms with Crippen LogP contribution in [0.25, 0.3) is 0 Å². The molecule has 4 rings (SSSR count). The van der Waals surface area contributed by atoms with E-state index in [0.29, 0.717) is 24.2 Å². The summed E-state index contributed by atoms with van der Waals surface area (Å²) in [4.78, 5) is 26.5. The van der Waals surface area contributed by atoms with Gasteiger partial charge < -0.3 is 10.5 Å². The number of carbonyl (C=O) groups is 2. The maximum atomic E-state index is 14.5. The summed E-state index contributed by atoms with van der Waals surface area (Å²) in [5.74, 6) is 1.46. The van der Waals surface area contributed by atoms with Crippen molar-refractivity contribution in [3.63, 3.8) is 0 Å². The van der Waals surface area contributed by atoms with Crippen LogP contribution >= 0.6 is 12.2 Å². The van der Waals surface area contributed by atoms with E-state index < -0.39 is 0 Å². The van der Waals surface area contributed by atoms with Crippen LogP contribution in [0.3, 0.4) is 0 Å². The lowest BCUT2D eigenvalue weighted by atomic mass is 9.42. The van der Waals surface area contributed by atoms with Gasteiger partial charge in [0, 0.05) is 29.7 Å². The first-order valence-corrected chi connectivity index (χ1v) is 16.1. The maximum Gasteiger partial charge on any atom is 0.302 e. The van der Waals surface area contributed by atoms with Crippen LogP contribution in [0, 0.1) is 45.3 Å². The van der Waals surface area contributed by atoms with Crippen molar-refractivity contribution in [3.05, 3.63) is 23.3 Å². The monoisotopic (exact) mass is 583 g/mol. The molecule has 0 aromatic carbocycles. The Morgan fingerprint density at radius 1 is 1.15 bits per heavy atom. The van der Waals surface area contributed by atoms with Crippen molar-refractivity contribution in [2.24, 2.45) is 56.2 Å². The number of carbonyl (C=O) groups excluding carboxylic acids is 2. The molecule has 3 N–H and O–H groups in total. The van der Waals surface area contributed by atoms with Crippen molar-refractivity contribution in [1.82, 2.24) is 5.43 Å². The third-order valence-electron chi connectivity index (χ3n) is 12.4. The molecule has 4 aliphatic carbocycles. The summed E-state index contributed by atoms with van der Waals surface area (Å²) in [5, 5.41) is 5.00. The fourth-order valence-corrected chi connectivity index (χ4v) is 9.70. The number of allylic oxidation sites excluding steroid dienone is 3. The third kappa shape index (κ3) is 5.12. The lowest BCUT2D eigenvalue weighted by Gasteiger charge is -2.61. The lowest BCUT2D eigenvalue weighted by molar-refractivity contribution is -0.167. The molecule has 6 nitrogen and oxygen atoms in total. The minimum Gasteiger partial charge on any atom is -0.462 e. The van der Waals surface area contributed by atoms with Gasteiger partial charge in [0.1, 0.15) is 6.10 Å². The summed E-state index contributed by atoms with van der Waals surface area (Å²) >= 11 is 5.18. The Kier molecular flexibility index (Phi) is 8.49. The molecule has 0 saturated heterocycles. The summed E-state index contributed by atoms with van der Waals surface area (Å²) in [6, 6.07) is 0. The van der Waals surface area contributed by atoms with Crippen molar-refractivity contribution in [2.45, 2.75) is 120 Å². The predicted molar refractivity (Wildman–Crippen MR) is 170 cm³/mol. The van der Waals surface area contributed by atoms with Crippen molar-refractivity contribution in [1.29, 1.82) is 0 Å². The van der Waals surface area contributed by atoms with Crippen LogP contribution in [0.4, 0.5) is 0 Å².